The maximum atomic E-state index is 12.3. The molecule has 0 spiro atoms. The molecule has 31 heavy (non-hydrogen) atoms. The van der Waals surface area contributed by atoms with E-state index >= 15 is 0 Å². The minimum absolute atomic E-state index is 0.0176. The topological polar surface area (TPSA) is 86.9 Å². The maximum Gasteiger partial charge on any atom is 0.251 e. The summed E-state index contributed by atoms with van der Waals surface area (Å²) < 4.78 is 0. The van der Waals surface area contributed by atoms with Crippen molar-refractivity contribution in [3.8, 4) is 0 Å². The summed E-state index contributed by atoms with van der Waals surface area (Å²) in [5.41, 5.74) is 4.38. The Hall–Kier alpha value is -3.15. The van der Waals surface area contributed by atoms with Crippen molar-refractivity contribution in [1.29, 1.82) is 0 Å². The van der Waals surface area contributed by atoms with Crippen molar-refractivity contribution in [3.63, 3.8) is 0 Å². The van der Waals surface area contributed by atoms with Gasteiger partial charge in [0.05, 0.1) is 11.0 Å². The second kappa shape index (κ2) is 10.8. The smallest absolute Gasteiger partial charge is 0.251 e. The van der Waals surface area contributed by atoms with Gasteiger partial charge in [0, 0.05) is 30.1 Å². The molecule has 0 unspecified atom stereocenters. The number of aromatic nitrogens is 2. The summed E-state index contributed by atoms with van der Waals surface area (Å²) in [4.78, 5) is 32.1. The minimum Gasteiger partial charge on any atom is -0.352 e. The molecule has 3 aromatic rings. The van der Waals surface area contributed by atoms with Crippen LogP contribution in [0.2, 0.25) is 0 Å². The third-order valence-electron chi connectivity index (χ3n) is 5.26. The molecule has 0 saturated carbocycles. The van der Waals surface area contributed by atoms with Crippen molar-refractivity contribution in [3.05, 3.63) is 59.4 Å². The summed E-state index contributed by atoms with van der Waals surface area (Å²) in [6.45, 7) is 6.60. The molecule has 0 fully saturated rings. The van der Waals surface area contributed by atoms with Crippen LogP contribution in [0.4, 0.5) is 5.69 Å². The lowest BCUT2D eigenvalue weighted by Gasteiger charge is -2.08. The summed E-state index contributed by atoms with van der Waals surface area (Å²) in [5, 5.41) is 5.88. The lowest BCUT2D eigenvalue weighted by molar-refractivity contribution is -0.118. The van der Waals surface area contributed by atoms with Crippen molar-refractivity contribution in [2.45, 2.75) is 52.9 Å². The van der Waals surface area contributed by atoms with Gasteiger partial charge in [0.2, 0.25) is 5.91 Å². The highest BCUT2D eigenvalue weighted by Crippen LogP contribution is 2.16. The number of carbonyl (C=O) groups is 2. The zero-order valence-corrected chi connectivity index (χ0v) is 18.6. The third kappa shape index (κ3) is 6.41. The molecule has 0 saturated heterocycles. The first-order chi connectivity index (χ1) is 15.0. The standard InChI is InChI=1S/C25H32N4O2/c1-4-5-6-15-26-25(31)19-10-13-21-22(16-19)29-23(28-21)14-9-18-7-11-20(12-8-18)27-24(30)17(2)3/h7-8,10-13,16-17H,4-6,9,14-15H2,1-3H3,(H,26,31)(H,27,30)(H,28,29). The molecule has 2 amide bonds. The highest BCUT2D eigenvalue weighted by atomic mass is 16.2. The summed E-state index contributed by atoms with van der Waals surface area (Å²) in [7, 11) is 0. The predicted octanol–water partition coefficient (Wildman–Crippen LogP) is 4.86. The van der Waals surface area contributed by atoms with Gasteiger partial charge < -0.3 is 15.6 Å². The number of aromatic amines is 1. The Morgan fingerprint density at radius 2 is 1.81 bits per heavy atom. The second-order valence-electron chi connectivity index (χ2n) is 8.22. The molecule has 0 aliphatic rings. The van der Waals surface area contributed by atoms with E-state index in [1.807, 2.05) is 56.3 Å². The normalized spacial score (nSPS) is 11.1. The third-order valence-corrected chi connectivity index (χ3v) is 5.26. The van der Waals surface area contributed by atoms with E-state index in [1.54, 1.807) is 0 Å². The number of imidazole rings is 1. The molecule has 3 rings (SSSR count). The number of unbranched alkanes of at least 4 members (excludes halogenated alkanes) is 2. The Morgan fingerprint density at radius 1 is 1.03 bits per heavy atom. The number of nitrogens with zero attached hydrogens (tertiary/aromatic N) is 1. The number of H-pyrrole nitrogens is 1. The number of nitrogens with one attached hydrogen (secondary N) is 3. The van der Waals surface area contributed by atoms with Gasteiger partial charge >= 0.3 is 0 Å². The van der Waals surface area contributed by atoms with Crippen LogP contribution in [0.1, 0.15) is 61.8 Å². The van der Waals surface area contributed by atoms with Gasteiger partial charge in [-0.2, -0.15) is 0 Å². The molecule has 164 valence electrons. The Bertz CT molecular complexity index is 1020. The molecule has 1 aromatic heterocycles. The molecule has 2 aromatic carbocycles. The first-order valence-electron chi connectivity index (χ1n) is 11.1. The van der Waals surface area contributed by atoms with Crippen LogP contribution in [0.5, 0.6) is 0 Å². The van der Waals surface area contributed by atoms with Crippen molar-refractivity contribution in [2.24, 2.45) is 5.92 Å². The van der Waals surface area contributed by atoms with Crippen LogP contribution in [0.25, 0.3) is 11.0 Å². The van der Waals surface area contributed by atoms with Crippen LogP contribution >= 0.6 is 0 Å². The summed E-state index contributed by atoms with van der Waals surface area (Å²) in [6, 6.07) is 13.5. The van der Waals surface area contributed by atoms with E-state index in [4.69, 9.17) is 0 Å². The maximum absolute atomic E-state index is 12.3. The van der Waals surface area contributed by atoms with E-state index in [-0.39, 0.29) is 17.7 Å². The quantitative estimate of drug-likeness (QED) is 0.409. The van der Waals surface area contributed by atoms with Crippen LogP contribution in [0.3, 0.4) is 0 Å². The fourth-order valence-electron chi connectivity index (χ4n) is 3.31. The van der Waals surface area contributed by atoms with Gasteiger partial charge in [-0.3, -0.25) is 9.59 Å². The van der Waals surface area contributed by atoms with E-state index in [9.17, 15) is 9.59 Å². The first-order valence-corrected chi connectivity index (χ1v) is 11.1. The molecular weight excluding hydrogens is 388 g/mol. The van der Waals surface area contributed by atoms with Crippen LogP contribution in [-0.4, -0.2) is 28.3 Å². The number of anilines is 1. The number of amides is 2. The van der Waals surface area contributed by atoms with Crippen molar-refractivity contribution < 1.29 is 9.59 Å². The van der Waals surface area contributed by atoms with Crippen LogP contribution in [0.15, 0.2) is 42.5 Å². The molecule has 0 atom stereocenters. The Labute approximate surface area is 183 Å². The van der Waals surface area contributed by atoms with Gasteiger partial charge in [-0.1, -0.05) is 45.7 Å². The SMILES string of the molecule is CCCCCNC(=O)c1ccc2nc(CCc3ccc(NC(=O)C(C)C)cc3)[nH]c2c1. The molecule has 0 aliphatic heterocycles. The molecule has 0 aliphatic carbocycles. The van der Waals surface area contributed by atoms with Crippen molar-refractivity contribution >= 4 is 28.5 Å². The van der Waals surface area contributed by atoms with Gasteiger partial charge in [-0.25, -0.2) is 4.98 Å². The highest BCUT2D eigenvalue weighted by molar-refractivity contribution is 5.97. The monoisotopic (exact) mass is 420 g/mol. The number of benzene rings is 2. The number of rotatable bonds is 10. The van der Waals surface area contributed by atoms with Crippen LogP contribution < -0.4 is 10.6 Å². The highest BCUT2D eigenvalue weighted by Gasteiger charge is 2.10. The molecule has 3 N–H and O–H groups in total. The molecule has 0 radical (unpaired) electrons. The van der Waals surface area contributed by atoms with Gasteiger partial charge in [-0.05, 0) is 48.7 Å². The van der Waals surface area contributed by atoms with Crippen molar-refractivity contribution in [2.75, 3.05) is 11.9 Å². The van der Waals surface area contributed by atoms with E-state index in [0.717, 1.165) is 54.6 Å². The summed E-state index contributed by atoms with van der Waals surface area (Å²) in [5.74, 6) is 0.830. The molecule has 1 heterocycles. The van der Waals surface area contributed by atoms with Crippen LogP contribution in [-0.2, 0) is 17.6 Å². The average molecular weight is 421 g/mol. The molecular formula is C25H32N4O2. The Balaban J connectivity index is 1.57. The fourth-order valence-corrected chi connectivity index (χ4v) is 3.31. The number of fused-ring (bicyclic) bond motifs is 1. The second-order valence-corrected chi connectivity index (χ2v) is 8.22. The molecule has 6 heteroatoms. The lowest BCUT2D eigenvalue weighted by atomic mass is 10.1. The van der Waals surface area contributed by atoms with Crippen LogP contribution in [0, 0.1) is 5.92 Å². The zero-order valence-electron chi connectivity index (χ0n) is 18.6. The van der Waals surface area contributed by atoms with Gasteiger partial charge in [0.25, 0.3) is 5.91 Å². The first kappa shape index (κ1) is 22.5. The van der Waals surface area contributed by atoms with Gasteiger partial charge in [-0.15, -0.1) is 0 Å². The molecule has 6 nitrogen and oxygen atoms in total. The lowest BCUT2D eigenvalue weighted by Crippen LogP contribution is -2.24. The minimum atomic E-state index is -0.0428. The number of hydrogen-bond acceptors (Lipinski definition) is 3. The fraction of sp³-hybridized carbons (Fsp3) is 0.400. The van der Waals surface area contributed by atoms with Gasteiger partial charge in [0.1, 0.15) is 5.82 Å². The number of carbonyl (C=O) groups excluding carboxylic acids is 2. The van der Waals surface area contributed by atoms with Crippen molar-refractivity contribution in [1.82, 2.24) is 15.3 Å². The average Bonchev–Trinajstić information content (AvgIpc) is 3.18. The number of aryl methyl sites for hydroxylation is 2. The van der Waals surface area contributed by atoms with Gasteiger partial charge in [0.15, 0.2) is 0 Å². The Kier molecular flexibility index (Phi) is 7.82. The Morgan fingerprint density at radius 3 is 2.52 bits per heavy atom. The number of hydrogen-bond donors (Lipinski definition) is 3. The molecule has 0 bridgehead atoms. The van der Waals surface area contributed by atoms with E-state index in [1.165, 1.54) is 5.56 Å². The van der Waals surface area contributed by atoms with E-state index in [0.29, 0.717) is 12.1 Å². The van der Waals surface area contributed by atoms with E-state index < -0.39 is 0 Å². The summed E-state index contributed by atoms with van der Waals surface area (Å²) >= 11 is 0. The zero-order chi connectivity index (χ0) is 22.2. The predicted molar refractivity (Wildman–Crippen MR) is 125 cm³/mol. The largest absolute Gasteiger partial charge is 0.352 e. The van der Waals surface area contributed by atoms with E-state index in [2.05, 4.69) is 27.5 Å². The summed E-state index contributed by atoms with van der Waals surface area (Å²) in [6.07, 6.45) is 4.87.